The second-order valence-electron chi connectivity index (χ2n) is 6.17. The van der Waals surface area contributed by atoms with E-state index in [-0.39, 0.29) is 18.1 Å². The molecule has 0 saturated carbocycles. The third-order valence-electron chi connectivity index (χ3n) is 4.02. The molecule has 0 aromatic heterocycles. The maximum atomic E-state index is 12.9. The van der Waals surface area contributed by atoms with E-state index in [1.807, 2.05) is 0 Å². The number of halogens is 1. The van der Waals surface area contributed by atoms with Gasteiger partial charge < -0.3 is 15.2 Å². The molecule has 5 nitrogen and oxygen atoms in total. The van der Waals surface area contributed by atoms with Crippen LogP contribution in [0.1, 0.15) is 21.5 Å². The number of hydrogen-bond donors (Lipinski definition) is 2. The van der Waals surface area contributed by atoms with E-state index in [1.165, 1.54) is 18.2 Å². The molecule has 0 aliphatic rings. The number of aliphatic carboxylic acids is 1. The van der Waals surface area contributed by atoms with Crippen molar-refractivity contribution in [2.75, 3.05) is 0 Å². The Kier molecular flexibility index (Phi) is 6.37. The van der Waals surface area contributed by atoms with Crippen molar-refractivity contribution in [3.63, 3.8) is 0 Å². The van der Waals surface area contributed by atoms with Gasteiger partial charge >= 0.3 is 5.97 Å². The van der Waals surface area contributed by atoms with E-state index >= 15 is 0 Å². The zero-order valence-electron chi connectivity index (χ0n) is 15.3. The monoisotopic (exact) mass is 391 g/mol. The van der Waals surface area contributed by atoms with Gasteiger partial charge in [0.2, 0.25) is 0 Å². The second-order valence-corrected chi connectivity index (χ2v) is 6.17. The molecule has 2 N–H and O–H groups in total. The average molecular weight is 391 g/mol. The summed E-state index contributed by atoms with van der Waals surface area (Å²) in [5.41, 5.74) is 1.54. The first-order valence-electron chi connectivity index (χ1n) is 8.80. The van der Waals surface area contributed by atoms with Crippen LogP contribution in [0.3, 0.4) is 0 Å². The maximum Gasteiger partial charge on any atom is 0.352 e. The number of carboxylic acids is 1. The van der Waals surface area contributed by atoms with Crippen molar-refractivity contribution < 1.29 is 23.8 Å². The minimum absolute atomic E-state index is 0.237. The van der Waals surface area contributed by atoms with Crippen molar-refractivity contribution in [1.29, 1.82) is 0 Å². The molecule has 0 unspecified atom stereocenters. The molecule has 0 aliphatic heterocycles. The van der Waals surface area contributed by atoms with E-state index in [9.17, 15) is 19.1 Å². The summed E-state index contributed by atoms with van der Waals surface area (Å²) in [6.07, 6.45) is 1.37. The van der Waals surface area contributed by atoms with Crippen LogP contribution in [0.15, 0.2) is 84.6 Å². The lowest BCUT2D eigenvalue weighted by Gasteiger charge is -2.08. The fourth-order valence-corrected chi connectivity index (χ4v) is 2.51. The Morgan fingerprint density at radius 1 is 0.931 bits per heavy atom. The van der Waals surface area contributed by atoms with E-state index in [4.69, 9.17) is 4.74 Å². The van der Waals surface area contributed by atoms with E-state index in [0.717, 1.165) is 5.56 Å². The molecule has 0 atom stereocenters. The molecule has 0 saturated heterocycles. The zero-order valence-corrected chi connectivity index (χ0v) is 15.3. The van der Waals surface area contributed by atoms with Gasteiger partial charge in [0.25, 0.3) is 5.91 Å². The molecule has 3 aromatic carbocycles. The van der Waals surface area contributed by atoms with E-state index < -0.39 is 11.9 Å². The van der Waals surface area contributed by atoms with Crippen LogP contribution in [-0.4, -0.2) is 17.0 Å². The Labute approximate surface area is 167 Å². The van der Waals surface area contributed by atoms with Gasteiger partial charge in [-0.05, 0) is 53.6 Å². The average Bonchev–Trinajstić information content (AvgIpc) is 2.74. The fraction of sp³-hybridized carbons (Fsp3) is 0.0435. The molecule has 0 heterocycles. The highest BCUT2D eigenvalue weighted by atomic mass is 19.1. The van der Waals surface area contributed by atoms with E-state index in [1.54, 1.807) is 66.7 Å². The van der Waals surface area contributed by atoms with Crippen molar-refractivity contribution in [3.8, 4) is 5.75 Å². The number of ether oxygens (including phenoxy) is 1. The molecule has 0 spiro atoms. The molecular formula is C23H18FNO4. The minimum Gasteiger partial charge on any atom is -0.489 e. The topological polar surface area (TPSA) is 75.6 Å². The molecule has 3 aromatic rings. The summed E-state index contributed by atoms with van der Waals surface area (Å²) in [6.45, 7) is 0.281. The Bertz CT molecular complexity index is 1010. The van der Waals surface area contributed by atoms with Crippen LogP contribution in [-0.2, 0) is 11.4 Å². The SMILES string of the molecule is O=C(O)/C(=C/c1ccc(OCc2ccc(F)cc2)cc1)NC(=O)c1ccccc1. The highest BCUT2D eigenvalue weighted by molar-refractivity contribution is 6.02. The number of carbonyl (C=O) groups excluding carboxylic acids is 1. The smallest absolute Gasteiger partial charge is 0.352 e. The van der Waals surface area contributed by atoms with Gasteiger partial charge in [0, 0.05) is 5.56 Å². The Balaban J connectivity index is 1.66. The summed E-state index contributed by atoms with van der Waals surface area (Å²) < 4.78 is 18.5. The first-order chi connectivity index (χ1) is 14.0. The molecule has 1 amide bonds. The number of rotatable bonds is 7. The number of hydrogen-bond acceptors (Lipinski definition) is 3. The standard InChI is InChI=1S/C23H18FNO4/c24-19-10-6-17(7-11-19)15-29-20-12-8-16(9-13-20)14-21(23(27)28)25-22(26)18-4-2-1-3-5-18/h1-14H,15H2,(H,25,26)(H,27,28)/b21-14-. The predicted octanol–water partition coefficient (Wildman–Crippen LogP) is 4.26. The number of nitrogens with one attached hydrogen (secondary N) is 1. The van der Waals surface area contributed by atoms with Crippen molar-refractivity contribution in [2.24, 2.45) is 0 Å². The molecule has 3 rings (SSSR count). The van der Waals surface area contributed by atoms with E-state index in [0.29, 0.717) is 16.9 Å². The molecule has 0 radical (unpaired) electrons. The Hall–Kier alpha value is -3.93. The number of amides is 1. The zero-order chi connectivity index (χ0) is 20.6. The Morgan fingerprint density at radius 3 is 2.21 bits per heavy atom. The van der Waals surface area contributed by atoms with Crippen molar-refractivity contribution >= 4 is 18.0 Å². The molecule has 146 valence electrons. The third-order valence-corrected chi connectivity index (χ3v) is 4.02. The van der Waals surface area contributed by atoms with Gasteiger partial charge in [-0.3, -0.25) is 4.79 Å². The number of carboxylic acid groups (broad SMARTS) is 1. The third kappa shape index (κ3) is 5.77. The highest BCUT2D eigenvalue weighted by Crippen LogP contribution is 2.16. The molecule has 0 fully saturated rings. The van der Waals surface area contributed by atoms with Crippen LogP contribution in [0.2, 0.25) is 0 Å². The van der Waals surface area contributed by atoms with Crippen LogP contribution in [0.4, 0.5) is 4.39 Å². The van der Waals surface area contributed by atoms with Crippen molar-refractivity contribution in [2.45, 2.75) is 6.61 Å². The van der Waals surface area contributed by atoms with Crippen LogP contribution < -0.4 is 10.1 Å². The highest BCUT2D eigenvalue weighted by Gasteiger charge is 2.13. The van der Waals surface area contributed by atoms with Gasteiger partial charge in [0.05, 0.1) is 0 Å². The molecule has 29 heavy (non-hydrogen) atoms. The summed E-state index contributed by atoms with van der Waals surface area (Å²) in [5, 5.41) is 11.8. The van der Waals surface area contributed by atoms with Crippen LogP contribution in [0.25, 0.3) is 6.08 Å². The van der Waals surface area contributed by atoms with Gasteiger partial charge in [-0.2, -0.15) is 0 Å². The maximum absolute atomic E-state index is 12.9. The summed E-state index contributed by atoms with van der Waals surface area (Å²) >= 11 is 0. The summed E-state index contributed by atoms with van der Waals surface area (Å²) in [6, 6.07) is 21.1. The minimum atomic E-state index is -1.24. The lowest BCUT2D eigenvalue weighted by Crippen LogP contribution is -2.27. The van der Waals surface area contributed by atoms with Crippen LogP contribution in [0, 0.1) is 5.82 Å². The first kappa shape index (κ1) is 19.8. The summed E-state index contributed by atoms with van der Waals surface area (Å²) in [4.78, 5) is 23.7. The number of carbonyl (C=O) groups is 2. The lowest BCUT2D eigenvalue weighted by molar-refractivity contribution is -0.132. The van der Waals surface area contributed by atoms with Gasteiger partial charge in [-0.1, -0.05) is 42.5 Å². The fourth-order valence-electron chi connectivity index (χ4n) is 2.51. The van der Waals surface area contributed by atoms with Crippen molar-refractivity contribution in [3.05, 3.63) is 107 Å². The van der Waals surface area contributed by atoms with Gasteiger partial charge in [0.15, 0.2) is 0 Å². The molecule has 0 bridgehead atoms. The van der Waals surface area contributed by atoms with Crippen LogP contribution in [0.5, 0.6) is 5.75 Å². The van der Waals surface area contributed by atoms with Crippen molar-refractivity contribution in [1.82, 2.24) is 5.32 Å². The summed E-state index contributed by atoms with van der Waals surface area (Å²) in [7, 11) is 0. The number of benzene rings is 3. The largest absolute Gasteiger partial charge is 0.489 e. The van der Waals surface area contributed by atoms with Gasteiger partial charge in [0.1, 0.15) is 23.9 Å². The summed E-state index contributed by atoms with van der Waals surface area (Å²) in [5.74, 6) is -1.47. The second kappa shape index (κ2) is 9.32. The Morgan fingerprint density at radius 2 is 1.59 bits per heavy atom. The first-order valence-corrected chi connectivity index (χ1v) is 8.80. The normalized spacial score (nSPS) is 11.0. The predicted molar refractivity (Wildman–Crippen MR) is 107 cm³/mol. The molecule has 0 aliphatic carbocycles. The molecule has 6 heteroatoms. The van der Waals surface area contributed by atoms with Gasteiger partial charge in [-0.25, -0.2) is 9.18 Å². The quantitative estimate of drug-likeness (QED) is 0.590. The molecular weight excluding hydrogens is 373 g/mol. The van der Waals surface area contributed by atoms with Crippen LogP contribution >= 0.6 is 0 Å². The lowest BCUT2D eigenvalue weighted by atomic mass is 10.1. The van der Waals surface area contributed by atoms with Gasteiger partial charge in [-0.15, -0.1) is 0 Å². The van der Waals surface area contributed by atoms with E-state index in [2.05, 4.69) is 5.32 Å².